The average molecular weight is 462 g/mol. The molecule has 10 nitrogen and oxygen atoms in total. The van der Waals surface area contributed by atoms with Crippen LogP contribution in [0.1, 0.15) is 18.5 Å². The van der Waals surface area contributed by atoms with Gasteiger partial charge in [0.2, 0.25) is 11.9 Å². The molecule has 10 heteroatoms. The molecule has 0 fully saturated rings. The fraction of sp³-hybridized carbons (Fsp3) is 0.250. The zero-order valence-corrected chi connectivity index (χ0v) is 19.3. The molecule has 4 aromatic rings. The van der Waals surface area contributed by atoms with Crippen LogP contribution in [0.25, 0.3) is 10.9 Å². The Morgan fingerprint density at radius 1 is 1.18 bits per heavy atom. The lowest BCUT2D eigenvalue weighted by Gasteiger charge is -2.19. The summed E-state index contributed by atoms with van der Waals surface area (Å²) in [5.74, 6) is 1.48. The highest BCUT2D eigenvalue weighted by molar-refractivity contribution is 5.85. The maximum Gasteiger partial charge on any atom is 0.243 e. The number of nitrogens with one attached hydrogen (secondary N) is 2. The summed E-state index contributed by atoms with van der Waals surface area (Å²) in [7, 11) is 3.90. The van der Waals surface area contributed by atoms with E-state index in [1.165, 1.54) is 0 Å². The standard InChI is InChI=1S/C24H27N7O3/c1-16-20-11-8-18(15-21(20)28-31(16)3)30(2)22-12-13-25-24(27-22)26-17-6-9-19(10-7-17)34-14-4-5-23(32)29-33/h6-13,15,33H,4-5,14H2,1-3H3,(H,29,32)(H,25,26,27). The summed E-state index contributed by atoms with van der Waals surface area (Å²) in [6.07, 6.45) is 2.42. The van der Waals surface area contributed by atoms with Gasteiger partial charge < -0.3 is 15.0 Å². The number of fused-ring (bicyclic) bond motifs is 1. The number of ether oxygens (including phenoxy) is 1. The number of anilines is 4. The molecule has 0 saturated carbocycles. The van der Waals surface area contributed by atoms with Crippen molar-refractivity contribution < 1.29 is 14.7 Å². The number of amides is 1. The van der Waals surface area contributed by atoms with E-state index in [0.29, 0.717) is 24.7 Å². The molecular weight excluding hydrogens is 434 g/mol. The zero-order chi connectivity index (χ0) is 24.1. The van der Waals surface area contributed by atoms with E-state index in [4.69, 9.17) is 9.94 Å². The first kappa shape index (κ1) is 23.0. The number of aryl methyl sites for hydroxylation is 2. The van der Waals surface area contributed by atoms with Gasteiger partial charge in [-0.3, -0.25) is 14.7 Å². The van der Waals surface area contributed by atoms with Gasteiger partial charge in [-0.1, -0.05) is 0 Å². The molecule has 0 atom stereocenters. The Kier molecular flexibility index (Phi) is 6.88. The molecule has 2 aromatic carbocycles. The first-order valence-corrected chi connectivity index (χ1v) is 10.9. The predicted octanol–water partition coefficient (Wildman–Crippen LogP) is 3.85. The molecule has 0 saturated heterocycles. The Balaban J connectivity index is 1.40. The second kappa shape index (κ2) is 10.2. The van der Waals surface area contributed by atoms with Crippen molar-refractivity contribution >= 4 is 40.0 Å². The number of carbonyl (C=O) groups excluding carboxylic acids is 1. The third-order valence-electron chi connectivity index (χ3n) is 5.54. The van der Waals surface area contributed by atoms with Crippen LogP contribution in [0.3, 0.4) is 0 Å². The SMILES string of the molecule is Cc1c2ccc(N(C)c3ccnc(Nc4ccc(OCCCC(=O)NO)cc4)n3)cc2nn1C. The summed E-state index contributed by atoms with van der Waals surface area (Å²) in [6, 6.07) is 15.4. The van der Waals surface area contributed by atoms with Crippen molar-refractivity contribution in [3.05, 3.63) is 60.4 Å². The van der Waals surface area contributed by atoms with Gasteiger partial charge in [0.15, 0.2) is 0 Å². The molecule has 2 aromatic heterocycles. The van der Waals surface area contributed by atoms with Crippen molar-refractivity contribution in [2.24, 2.45) is 7.05 Å². The highest BCUT2D eigenvalue weighted by atomic mass is 16.5. The molecule has 0 unspecified atom stereocenters. The largest absolute Gasteiger partial charge is 0.494 e. The summed E-state index contributed by atoms with van der Waals surface area (Å²) in [4.78, 5) is 22.0. The van der Waals surface area contributed by atoms with Crippen molar-refractivity contribution in [2.45, 2.75) is 19.8 Å². The third-order valence-corrected chi connectivity index (χ3v) is 5.54. The van der Waals surface area contributed by atoms with E-state index >= 15 is 0 Å². The van der Waals surface area contributed by atoms with Crippen LogP contribution >= 0.6 is 0 Å². The Bertz CT molecular complexity index is 1290. The van der Waals surface area contributed by atoms with E-state index in [1.54, 1.807) is 11.7 Å². The van der Waals surface area contributed by atoms with E-state index in [-0.39, 0.29) is 6.42 Å². The number of rotatable bonds is 9. The topological polar surface area (TPSA) is 117 Å². The number of hydrogen-bond donors (Lipinski definition) is 3. The number of aromatic nitrogens is 4. The van der Waals surface area contributed by atoms with Crippen LogP contribution in [0.5, 0.6) is 5.75 Å². The first-order chi connectivity index (χ1) is 16.4. The number of nitrogens with zero attached hydrogens (tertiary/aromatic N) is 5. The van der Waals surface area contributed by atoms with Crippen LogP contribution in [0.15, 0.2) is 54.7 Å². The van der Waals surface area contributed by atoms with Crippen molar-refractivity contribution in [1.82, 2.24) is 25.2 Å². The number of hydroxylamine groups is 1. The monoisotopic (exact) mass is 461 g/mol. The molecule has 1 amide bonds. The number of hydrogen-bond acceptors (Lipinski definition) is 8. The molecule has 0 aliphatic heterocycles. The fourth-order valence-electron chi connectivity index (χ4n) is 3.50. The quantitative estimate of drug-likeness (QED) is 0.195. The van der Waals surface area contributed by atoms with Crippen LogP contribution in [-0.4, -0.2) is 44.5 Å². The van der Waals surface area contributed by atoms with Crippen LogP contribution in [0.4, 0.5) is 23.1 Å². The van der Waals surface area contributed by atoms with Crippen molar-refractivity contribution in [3.63, 3.8) is 0 Å². The van der Waals surface area contributed by atoms with Crippen LogP contribution in [0.2, 0.25) is 0 Å². The van der Waals surface area contributed by atoms with Gasteiger partial charge in [0.1, 0.15) is 11.6 Å². The molecule has 0 spiro atoms. The Morgan fingerprint density at radius 3 is 2.74 bits per heavy atom. The average Bonchev–Trinajstić information content (AvgIpc) is 3.15. The molecule has 3 N–H and O–H groups in total. The summed E-state index contributed by atoms with van der Waals surface area (Å²) >= 11 is 0. The molecule has 2 heterocycles. The zero-order valence-electron chi connectivity index (χ0n) is 19.3. The molecule has 0 aliphatic carbocycles. The molecule has 0 radical (unpaired) electrons. The van der Waals surface area contributed by atoms with Crippen molar-refractivity contribution in [1.29, 1.82) is 0 Å². The minimum Gasteiger partial charge on any atom is -0.494 e. The van der Waals surface area contributed by atoms with E-state index in [9.17, 15) is 4.79 Å². The van der Waals surface area contributed by atoms with Crippen molar-refractivity contribution in [3.8, 4) is 5.75 Å². The van der Waals surface area contributed by atoms with E-state index in [2.05, 4.69) is 39.4 Å². The number of benzene rings is 2. The van der Waals surface area contributed by atoms with Crippen molar-refractivity contribution in [2.75, 3.05) is 23.9 Å². The van der Waals surface area contributed by atoms with Crippen LogP contribution in [0, 0.1) is 6.92 Å². The minimum absolute atomic E-state index is 0.202. The summed E-state index contributed by atoms with van der Waals surface area (Å²) < 4.78 is 7.49. The van der Waals surface area contributed by atoms with Crippen LogP contribution < -0.4 is 20.4 Å². The first-order valence-electron chi connectivity index (χ1n) is 10.9. The Hall–Kier alpha value is -4.18. The molecule has 0 aliphatic rings. The predicted molar refractivity (Wildman–Crippen MR) is 130 cm³/mol. The summed E-state index contributed by atoms with van der Waals surface area (Å²) in [5, 5.41) is 17.4. The molecule has 34 heavy (non-hydrogen) atoms. The minimum atomic E-state index is -0.427. The summed E-state index contributed by atoms with van der Waals surface area (Å²) in [5.41, 5.74) is 5.47. The second-order valence-electron chi connectivity index (χ2n) is 7.84. The Labute approximate surface area is 197 Å². The van der Waals surface area contributed by atoms with Gasteiger partial charge in [0, 0.05) is 49.2 Å². The molecular formula is C24H27N7O3. The molecule has 0 bridgehead atoms. The summed E-state index contributed by atoms with van der Waals surface area (Å²) in [6.45, 7) is 2.43. The highest BCUT2D eigenvalue weighted by Gasteiger charge is 2.11. The van der Waals surface area contributed by atoms with Gasteiger partial charge in [-0.2, -0.15) is 10.1 Å². The smallest absolute Gasteiger partial charge is 0.243 e. The lowest BCUT2D eigenvalue weighted by Crippen LogP contribution is -2.18. The molecule has 176 valence electrons. The van der Waals surface area contributed by atoms with Gasteiger partial charge in [-0.25, -0.2) is 10.5 Å². The van der Waals surface area contributed by atoms with Gasteiger partial charge >= 0.3 is 0 Å². The van der Waals surface area contributed by atoms with E-state index in [1.807, 2.05) is 60.1 Å². The van der Waals surface area contributed by atoms with Gasteiger partial charge in [0.25, 0.3) is 0 Å². The van der Waals surface area contributed by atoms with Gasteiger partial charge in [-0.15, -0.1) is 0 Å². The second-order valence-corrected chi connectivity index (χ2v) is 7.84. The lowest BCUT2D eigenvalue weighted by atomic mass is 10.2. The maximum absolute atomic E-state index is 11.0. The lowest BCUT2D eigenvalue weighted by molar-refractivity contribution is -0.129. The maximum atomic E-state index is 11.0. The Morgan fingerprint density at radius 2 is 1.97 bits per heavy atom. The van der Waals surface area contributed by atoms with Crippen LogP contribution in [-0.2, 0) is 11.8 Å². The third kappa shape index (κ3) is 5.24. The van der Waals surface area contributed by atoms with E-state index in [0.717, 1.165) is 33.8 Å². The fourth-order valence-corrected chi connectivity index (χ4v) is 3.50. The highest BCUT2D eigenvalue weighted by Crippen LogP contribution is 2.27. The molecule has 4 rings (SSSR count). The van der Waals surface area contributed by atoms with Gasteiger partial charge in [0.05, 0.1) is 12.1 Å². The number of carbonyl (C=O) groups is 1. The van der Waals surface area contributed by atoms with E-state index < -0.39 is 5.91 Å². The normalized spacial score (nSPS) is 10.8. The van der Waals surface area contributed by atoms with Gasteiger partial charge in [-0.05, 0) is 61.9 Å².